The Balaban J connectivity index is 2.10. The summed E-state index contributed by atoms with van der Waals surface area (Å²) in [5, 5.41) is 7.26. The second kappa shape index (κ2) is 5.53. The first-order valence-electron chi connectivity index (χ1n) is 6.64. The van der Waals surface area contributed by atoms with Crippen molar-refractivity contribution in [2.45, 2.75) is 37.9 Å². The Kier molecular flexibility index (Phi) is 4.18. The summed E-state index contributed by atoms with van der Waals surface area (Å²) in [6.07, 6.45) is 1.51. The molecule has 1 aromatic rings. The van der Waals surface area contributed by atoms with E-state index in [1.54, 1.807) is 17.9 Å². The van der Waals surface area contributed by atoms with Crippen LogP contribution in [0.4, 0.5) is 13.2 Å². The Hall–Kier alpha value is -1.04. The molecule has 3 nitrogen and oxygen atoms in total. The molecule has 19 heavy (non-hydrogen) atoms. The molecule has 0 radical (unpaired) electrons. The lowest BCUT2D eigenvalue weighted by Gasteiger charge is -2.35. The van der Waals surface area contributed by atoms with Crippen molar-refractivity contribution in [3.63, 3.8) is 0 Å². The van der Waals surface area contributed by atoms with Gasteiger partial charge in [0.05, 0.1) is 12.1 Å². The minimum absolute atomic E-state index is 0.0228. The molecular formula is C13H20F3N3. The molecule has 0 spiro atoms. The van der Waals surface area contributed by atoms with E-state index in [4.69, 9.17) is 0 Å². The number of hydrogen-bond acceptors (Lipinski definition) is 2. The van der Waals surface area contributed by atoms with Gasteiger partial charge in [-0.1, -0.05) is 6.42 Å². The molecule has 2 rings (SSSR count). The van der Waals surface area contributed by atoms with E-state index >= 15 is 0 Å². The molecule has 3 atom stereocenters. The second-order valence-corrected chi connectivity index (χ2v) is 5.38. The van der Waals surface area contributed by atoms with E-state index in [2.05, 4.69) is 10.4 Å². The topological polar surface area (TPSA) is 29.9 Å². The van der Waals surface area contributed by atoms with Crippen LogP contribution in [0.5, 0.6) is 0 Å². The number of nitrogens with one attached hydrogen (secondary N) is 1. The maximum Gasteiger partial charge on any atom is 0.391 e. The van der Waals surface area contributed by atoms with Crippen molar-refractivity contribution < 1.29 is 13.2 Å². The van der Waals surface area contributed by atoms with Crippen LogP contribution in [0.25, 0.3) is 0 Å². The summed E-state index contributed by atoms with van der Waals surface area (Å²) in [5.41, 5.74) is 0.970. The number of nitrogens with zero attached hydrogens (tertiary/aromatic N) is 2. The molecule has 0 aromatic carbocycles. The van der Waals surface area contributed by atoms with Crippen LogP contribution >= 0.6 is 0 Å². The maximum absolute atomic E-state index is 12.9. The third kappa shape index (κ3) is 3.29. The lowest BCUT2D eigenvalue weighted by molar-refractivity contribution is -0.186. The van der Waals surface area contributed by atoms with Crippen LogP contribution in [0, 0.1) is 11.8 Å². The Labute approximate surface area is 111 Å². The summed E-state index contributed by atoms with van der Waals surface area (Å²) in [4.78, 5) is 0. The van der Waals surface area contributed by atoms with Crippen molar-refractivity contribution >= 4 is 0 Å². The lowest BCUT2D eigenvalue weighted by Crippen LogP contribution is -2.34. The largest absolute Gasteiger partial charge is 0.391 e. The average Bonchev–Trinajstić information content (AvgIpc) is 2.76. The highest BCUT2D eigenvalue weighted by Crippen LogP contribution is 2.43. The molecule has 1 N–H and O–H groups in total. The van der Waals surface area contributed by atoms with E-state index < -0.39 is 12.1 Å². The van der Waals surface area contributed by atoms with E-state index in [0.717, 1.165) is 12.0 Å². The van der Waals surface area contributed by atoms with Gasteiger partial charge in [-0.3, -0.25) is 4.68 Å². The van der Waals surface area contributed by atoms with Crippen LogP contribution < -0.4 is 5.32 Å². The van der Waals surface area contributed by atoms with Gasteiger partial charge < -0.3 is 5.32 Å². The lowest BCUT2D eigenvalue weighted by atomic mass is 9.76. The van der Waals surface area contributed by atoms with Crippen molar-refractivity contribution in [2.24, 2.45) is 18.9 Å². The molecule has 1 aromatic heterocycles. The Morgan fingerprint density at radius 2 is 2.16 bits per heavy atom. The van der Waals surface area contributed by atoms with Gasteiger partial charge in [-0.25, -0.2) is 0 Å². The van der Waals surface area contributed by atoms with Gasteiger partial charge in [0, 0.05) is 24.8 Å². The SMILES string of the molecule is CNC(c1cnn(C)c1)C1CCCC(C(F)(F)F)C1. The molecule has 0 aliphatic heterocycles. The number of rotatable bonds is 3. The first-order valence-corrected chi connectivity index (χ1v) is 6.64. The van der Waals surface area contributed by atoms with Gasteiger partial charge in [-0.2, -0.15) is 18.3 Å². The highest BCUT2D eigenvalue weighted by atomic mass is 19.4. The molecule has 1 heterocycles. The zero-order valence-electron chi connectivity index (χ0n) is 11.2. The van der Waals surface area contributed by atoms with Crippen LogP contribution in [0.3, 0.4) is 0 Å². The zero-order valence-corrected chi connectivity index (χ0v) is 11.2. The first-order chi connectivity index (χ1) is 8.91. The zero-order chi connectivity index (χ0) is 14.0. The Morgan fingerprint density at radius 3 is 2.68 bits per heavy atom. The molecule has 6 heteroatoms. The molecule has 0 amide bonds. The average molecular weight is 275 g/mol. The number of aryl methyl sites for hydroxylation is 1. The van der Waals surface area contributed by atoms with Gasteiger partial charge in [-0.15, -0.1) is 0 Å². The summed E-state index contributed by atoms with van der Waals surface area (Å²) in [7, 11) is 3.62. The fourth-order valence-corrected chi connectivity index (χ4v) is 3.10. The van der Waals surface area contributed by atoms with Crippen molar-refractivity contribution in [3.05, 3.63) is 18.0 Å². The van der Waals surface area contributed by atoms with Crippen LogP contribution in [-0.4, -0.2) is 23.0 Å². The molecule has 3 unspecified atom stereocenters. The molecule has 108 valence electrons. The van der Waals surface area contributed by atoms with Crippen molar-refractivity contribution in [1.29, 1.82) is 0 Å². The van der Waals surface area contributed by atoms with Crippen LogP contribution in [0.2, 0.25) is 0 Å². The summed E-state index contributed by atoms with van der Waals surface area (Å²) in [5.74, 6) is -1.13. The van der Waals surface area contributed by atoms with Gasteiger partial charge in [0.1, 0.15) is 0 Å². The van der Waals surface area contributed by atoms with E-state index in [1.165, 1.54) is 0 Å². The number of hydrogen-bond donors (Lipinski definition) is 1. The molecular weight excluding hydrogens is 255 g/mol. The molecule has 0 bridgehead atoms. The fourth-order valence-electron chi connectivity index (χ4n) is 3.10. The van der Waals surface area contributed by atoms with E-state index in [9.17, 15) is 13.2 Å². The van der Waals surface area contributed by atoms with E-state index in [-0.39, 0.29) is 24.8 Å². The quantitative estimate of drug-likeness (QED) is 0.919. The molecule has 1 aliphatic carbocycles. The predicted molar refractivity (Wildman–Crippen MR) is 66.5 cm³/mol. The molecule has 0 saturated heterocycles. The van der Waals surface area contributed by atoms with Gasteiger partial charge in [0.2, 0.25) is 0 Å². The van der Waals surface area contributed by atoms with Crippen molar-refractivity contribution in [2.75, 3.05) is 7.05 Å². The van der Waals surface area contributed by atoms with Gasteiger partial charge in [0.25, 0.3) is 0 Å². The first kappa shape index (κ1) is 14.4. The van der Waals surface area contributed by atoms with Crippen LogP contribution in [0.1, 0.15) is 37.3 Å². The predicted octanol–water partition coefficient (Wildman–Crippen LogP) is 3.05. The number of alkyl halides is 3. The van der Waals surface area contributed by atoms with Crippen LogP contribution in [0.15, 0.2) is 12.4 Å². The Bertz CT molecular complexity index is 414. The highest BCUT2D eigenvalue weighted by Gasteiger charge is 2.43. The van der Waals surface area contributed by atoms with Gasteiger partial charge in [0.15, 0.2) is 0 Å². The maximum atomic E-state index is 12.9. The highest BCUT2D eigenvalue weighted by molar-refractivity contribution is 5.12. The standard InChI is InChI=1S/C13H20F3N3/c1-17-12(10-7-18-19(2)8-10)9-4-3-5-11(6-9)13(14,15)16/h7-9,11-12,17H,3-6H2,1-2H3. The van der Waals surface area contributed by atoms with Crippen molar-refractivity contribution in [1.82, 2.24) is 15.1 Å². The fraction of sp³-hybridized carbons (Fsp3) is 0.769. The number of aromatic nitrogens is 2. The third-order valence-corrected chi connectivity index (χ3v) is 4.04. The van der Waals surface area contributed by atoms with Crippen LogP contribution in [-0.2, 0) is 7.05 Å². The molecule has 1 fully saturated rings. The number of halogens is 3. The minimum atomic E-state index is -4.06. The molecule has 1 aliphatic rings. The monoisotopic (exact) mass is 275 g/mol. The van der Waals surface area contributed by atoms with E-state index in [0.29, 0.717) is 6.42 Å². The minimum Gasteiger partial charge on any atom is -0.313 e. The summed E-state index contributed by atoms with van der Waals surface area (Å²) < 4.78 is 40.2. The molecule has 1 saturated carbocycles. The van der Waals surface area contributed by atoms with Gasteiger partial charge in [-0.05, 0) is 32.2 Å². The third-order valence-electron chi connectivity index (χ3n) is 4.04. The van der Waals surface area contributed by atoms with Gasteiger partial charge >= 0.3 is 6.18 Å². The smallest absolute Gasteiger partial charge is 0.313 e. The Morgan fingerprint density at radius 1 is 1.42 bits per heavy atom. The summed E-state index contributed by atoms with van der Waals surface area (Å²) in [6, 6.07) is -0.0427. The summed E-state index contributed by atoms with van der Waals surface area (Å²) >= 11 is 0. The van der Waals surface area contributed by atoms with Crippen molar-refractivity contribution in [3.8, 4) is 0 Å². The normalized spacial score (nSPS) is 26.4. The van der Waals surface area contributed by atoms with E-state index in [1.807, 2.05) is 13.2 Å². The summed E-state index contributed by atoms with van der Waals surface area (Å²) in [6.45, 7) is 0. The second-order valence-electron chi connectivity index (χ2n) is 5.38.